The molecular weight excluding hydrogens is 340 g/mol. The zero-order chi connectivity index (χ0) is 18.8. The third-order valence-corrected chi connectivity index (χ3v) is 4.84. The van der Waals surface area contributed by atoms with Crippen LogP contribution in [0.1, 0.15) is 25.3 Å². The van der Waals surface area contributed by atoms with Crippen molar-refractivity contribution in [3.8, 4) is 5.75 Å². The first-order valence-electron chi connectivity index (χ1n) is 8.58. The van der Waals surface area contributed by atoms with Crippen LogP contribution in [-0.2, 0) is 19.1 Å². The van der Waals surface area contributed by atoms with Crippen LogP contribution in [0.2, 0.25) is 0 Å². The molecule has 1 aromatic carbocycles. The molecule has 2 aliphatic heterocycles. The number of ether oxygens (including phenoxy) is 2. The Kier molecular flexibility index (Phi) is 5.13. The van der Waals surface area contributed by atoms with Crippen molar-refractivity contribution >= 4 is 17.8 Å². The largest absolute Gasteiger partial charge is 0.481 e. The van der Waals surface area contributed by atoms with Gasteiger partial charge in [0.2, 0.25) is 5.91 Å². The highest BCUT2D eigenvalue weighted by atomic mass is 16.5. The van der Waals surface area contributed by atoms with Crippen molar-refractivity contribution in [2.45, 2.75) is 45.0 Å². The molecule has 2 saturated heterocycles. The minimum atomic E-state index is -1.06. The molecule has 0 aliphatic carbocycles. The number of hydrazine groups is 1. The number of aryl methyl sites for hydroxylation is 1. The number of carbonyl (C=O) groups is 3. The van der Waals surface area contributed by atoms with Crippen molar-refractivity contribution in [2.24, 2.45) is 11.8 Å². The third-order valence-electron chi connectivity index (χ3n) is 4.84. The maximum atomic E-state index is 12.4. The van der Waals surface area contributed by atoms with Gasteiger partial charge in [-0.15, -0.1) is 0 Å². The van der Waals surface area contributed by atoms with Crippen LogP contribution in [0.3, 0.4) is 0 Å². The SMILES string of the molecule is Cc1cccc(O[C@@H](C)C(=O)NNC(=O)[C@@H]2[C@@H](C(=O)O)[C@@H]3CC[C@@H]2O3)c1. The average molecular weight is 362 g/mol. The first-order chi connectivity index (χ1) is 12.4. The van der Waals surface area contributed by atoms with E-state index in [0.29, 0.717) is 18.6 Å². The van der Waals surface area contributed by atoms with E-state index >= 15 is 0 Å². The molecule has 140 valence electrons. The number of benzene rings is 1. The summed E-state index contributed by atoms with van der Waals surface area (Å²) in [5.74, 6) is -3.28. The zero-order valence-corrected chi connectivity index (χ0v) is 14.6. The number of hydrogen-bond acceptors (Lipinski definition) is 5. The molecule has 8 nitrogen and oxygen atoms in total. The fourth-order valence-corrected chi connectivity index (χ4v) is 3.58. The van der Waals surface area contributed by atoms with Crippen LogP contribution in [0.4, 0.5) is 0 Å². The second kappa shape index (κ2) is 7.33. The lowest BCUT2D eigenvalue weighted by Crippen LogP contribution is -2.52. The molecule has 2 fully saturated rings. The van der Waals surface area contributed by atoms with Crippen LogP contribution in [0.5, 0.6) is 5.75 Å². The highest BCUT2D eigenvalue weighted by Crippen LogP contribution is 2.43. The number of rotatable bonds is 5. The number of hydrogen-bond donors (Lipinski definition) is 3. The predicted octanol–water partition coefficient (Wildman–Crippen LogP) is 0.788. The van der Waals surface area contributed by atoms with Crippen molar-refractivity contribution in [3.05, 3.63) is 29.8 Å². The van der Waals surface area contributed by atoms with Gasteiger partial charge in [0.25, 0.3) is 5.91 Å². The Morgan fingerprint density at radius 3 is 2.54 bits per heavy atom. The summed E-state index contributed by atoms with van der Waals surface area (Å²) in [7, 11) is 0. The van der Waals surface area contributed by atoms with Crippen molar-refractivity contribution < 1.29 is 29.0 Å². The van der Waals surface area contributed by atoms with Crippen LogP contribution in [0, 0.1) is 18.8 Å². The Balaban J connectivity index is 1.54. The summed E-state index contributed by atoms with van der Waals surface area (Å²) in [4.78, 5) is 35.9. The standard InChI is InChI=1S/C18H22N2O6/c1-9-4-3-5-11(8-9)25-10(2)16(21)19-20-17(22)14-12-6-7-13(26-12)15(14)18(23)24/h3-5,8,10,12-15H,6-7H2,1-2H3,(H,19,21)(H,20,22)(H,23,24)/t10-,12-,13-,14-,15-/m0/s1. The molecule has 0 aromatic heterocycles. The number of carboxylic acids is 1. The van der Waals surface area contributed by atoms with Gasteiger partial charge >= 0.3 is 5.97 Å². The minimum absolute atomic E-state index is 0.418. The Bertz CT molecular complexity index is 721. The molecule has 2 amide bonds. The maximum Gasteiger partial charge on any atom is 0.310 e. The molecule has 26 heavy (non-hydrogen) atoms. The monoisotopic (exact) mass is 362 g/mol. The highest BCUT2D eigenvalue weighted by Gasteiger charge is 2.55. The summed E-state index contributed by atoms with van der Waals surface area (Å²) in [5.41, 5.74) is 5.61. The second-order valence-corrected chi connectivity index (χ2v) is 6.74. The summed E-state index contributed by atoms with van der Waals surface area (Å²) >= 11 is 0. The van der Waals surface area contributed by atoms with Crippen molar-refractivity contribution in [1.82, 2.24) is 10.9 Å². The van der Waals surface area contributed by atoms with Gasteiger partial charge in [-0.05, 0) is 44.4 Å². The molecular formula is C18H22N2O6. The molecule has 0 radical (unpaired) electrons. The van der Waals surface area contributed by atoms with Crippen LogP contribution in [-0.4, -0.2) is 41.2 Å². The number of aliphatic carboxylic acids is 1. The molecule has 1 aromatic rings. The van der Waals surface area contributed by atoms with E-state index in [1.54, 1.807) is 19.1 Å². The van der Waals surface area contributed by atoms with Crippen LogP contribution in [0.25, 0.3) is 0 Å². The van der Waals surface area contributed by atoms with Crippen molar-refractivity contribution in [2.75, 3.05) is 0 Å². The van der Waals surface area contributed by atoms with Gasteiger partial charge in [0.05, 0.1) is 24.0 Å². The van der Waals surface area contributed by atoms with Crippen molar-refractivity contribution in [1.29, 1.82) is 0 Å². The van der Waals surface area contributed by atoms with Gasteiger partial charge in [0, 0.05) is 0 Å². The predicted molar refractivity (Wildman–Crippen MR) is 90.1 cm³/mol. The van der Waals surface area contributed by atoms with Gasteiger partial charge in [-0.3, -0.25) is 25.2 Å². The summed E-state index contributed by atoms with van der Waals surface area (Å²) in [6.07, 6.45) is -0.401. The molecule has 5 atom stereocenters. The molecule has 0 unspecified atom stereocenters. The Morgan fingerprint density at radius 2 is 1.88 bits per heavy atom. The van der Waals surface area contributed by atoms with Crippen LogP contribution in [0.15, 0.2) is 24.3 Å². The highest BCUT2D eigenvalue weighted by molar-refractivity contribution is 5.89. The van der Waals surface area contributed by atoms with Gasteiger partial charge in [0.1, 0.15) is 5.75 Å². The molecule has 2 bridgehead atoms. The normalized spacial score (nSPS) is 27.6. The van der Waals surface area contributed by atoms with E-state index in [1.807, 2.05) is 19.1 Å². The lowest BCUT2D eigenvalue weighted by atomic mass is 9.79. The van der Waals surface area contributed by atoms with E-state index in [9.17, 15) is 19.5 Å². The molecule has 2 heterocycles. The Hall–Kier alpha value is -2.61. The summed E-state index contributed by atoms with van der Waals surface area (Å²) in [6, 6.07) is 7.26. The second-order valence-electron chi connectivity index (χ2n) is 6.74. The third kappa shape index (κ3) is 3.65. The number of carbonyl (C=O) groups excluding carboxylic acids is 2. The Labute approximate surface area is 150 Å². The average Bonchev–Trinajstić information content (AvgIpc) is 3.20. The van der Waals surface area contributed by atoms with E-state index in [-0.39, 0.29) is 0 Å². The zero-order valence-electron chi connectivity index (χ0n) is 14.6. The molecule has 3 N–H and O–H groups in total. The van der Waals surface area contributed by atoms with E-state index in [4.69, 9.17) is 9.47 Å². The number of carboxylic acid groups (broad SMARTS) is 1. The number of amides is 2. The van der Waals surface area contributed by atoms with Crippen LogP contribution >= 0.6 is 0 Å². The van der Waals surface area contributed by atoms with Crippen molar-refractivity contribution in [3.63, 3.8) is 0 Å². The van der Waals surface area contributed by atoms with Gasteiger partial charge in [-0.2, -0.15) is 0 Å². The van der Waals surface area contributed by atoms with E-state index < -0.39 is 47.9 Å². The lowest BCUT2D eigenvalue weighted by molar-refractivity contribution is -0.148. The fraction of sp³-hybridized carbons (Fsp3) is 0.500. The van der Waals surface area contributed by atoms with Crippen LogP contribution < -0.4 is 15.6 Å². The topological polar surface area (TPSA) is 114 Å². The lowest BCUT2D eigenvalue weighted by Gasteiger charge is -2.24. The molecule has 0 spiro atoms. The quantitative estimate of drug-likeness (QED) is 0.667. The summed E-state index contributed by atoms with van der Waals surface area (Å²) < 4.78 is 11.1. The first-order valence-corrected chi connectivity index (χ1v) is 8.58. The van der Waals surface area contributed by atoms with Gasteiger partial charge < -0.3 is 14.6 Å². The fourth-order valence-electron chi connectivity index (χ4n) is 3.58. The van der Waals surface area contributed by atoms with Gasteiger partial charge in [0.15, 0.2) is 6.10 Å². The smallest absolute Gasteiger partial charge is 0.310 e. The van der Waals surface area contributed by atoms with Gasteiger partial charge in [-0.1, -0.05) is 12.1 Å². The molecule has 0 saturated carbocycles. The minimum Gasteiger partial charge on any atom is -0.481 e. The van der Waals surface area contributed by atoms with E-state index in [2.05, 4.69) is 10.9 Å². The Morgan fingerprint density at radius 1 is 1.19 bits per heavy atom. The summed E-state index contributed by atoms with van der Waals surface area (Å²) in [5, 5.41) is 9.34. The maximum absolute atomic E-state index is 12.4. The summed E-state index contributed by atoms with van der Waals surface area (Å²) in [6.45, 7) is 3.47. The van der Waals surface area contributed by atoms with E-state index in [0.717, 1.165) is 5.56 Å². The van der Waals surface area contributed by atoms with Gasteiger partial charge in [-0.25, -0.2) is 0 Å². The molecule has 8 heteroatoms. The number of fused-ring (bicyclic) bond motifs is 2. The van der Waals surface area contributed by atoms with E-state index in [1.165, 1.54) is 0 Å². The first kappa shape index (κ1) is 18.2. The molecule has 3 rings (SSSR count). The molecule has 2 aliphatic rings. The number of nitrogens with one attached hydrogen (secondary N) is 2.